The van der Waals surface area contributed by atoms with Gasteiger partial charge < -0.3 is 10.1 Å². The van der Waals surface area contributed by atoms with Gasteiger partial charge in [0.2, 0.25) is 5.91 Å². The average molecular weight is 574 g/mol. The first-order valence-electron chi connectivity index (χ1n) is 17.6. The summed E-state index contributed by atoms with van der Waals surface area (Å²) in [5.74, 6) is 3.56. The molecule has 0 aromatic heterocycles. The van der Waals surface area contributed by atoms with E-state index in [2.05, 4.69) is 57.3 Å². The molecule has 5 fully saturated rings. The number of esters is 1. The third kappa shape index (κ3) is 4.12. The number of hydrogen-bond donors (Lipinski definition) is 1. The zero-order valence-electron chi connectivity index (χ0n) is 27.0. The number of nitrogens with one attached hydrogen (secondary N) is 1. The highest BCUT2D eigenvalue weighted by Crippen LogP contribution is 2.73. The Hall–Kier alpha value is -1.84. The van der Waals surface area contributed by atoms with E-state index in [-0.39, 0.29) is 28.9 Å². The van der Waals surface area contributed by atoms with Gasteiger partial charge in [0, 0.05) is 12.3 Å². The lowest BCUT2D eigenvalue weighted by Crippen LogP contribution is -2.64. The average Bonchev–Trinajstić information content (AvgIpc) is 3.41. The second kappa shape index (κ2) is 10.1. The lowest BCUT2D eigenvalue weighted by Gasteiger charge is -2.69. The number of carbonyl (C=O) groups excluding carboxylic acids is 2. The number of hydrogen-bond acceptors (Lipinski definition) is 3. The van der Waals surface area contributed by atoms with E-state index < -0.39 is 0 Å². The van der Waals surface area contributed by atoms with E-state index in [9.17, 15) is 9.59 Å². The Kier molecular flexibility index (Phi) is 6.95. The summed E-state index contributed by atoms with van der Waals surface area (Å²) < 4.78 is 5.93. The summed E-state index contributed by atoms with van der Waals surface area (Å²) in [4.78, 5) is 26.3. The fourth-order valence-electron chi connectivity index (χ4n) is 13.2. The van der Waals surface area contributed by atoms with E-state index in [4.69, 9.17) is 4.74 Å². The summed E-state index contributed by atoms with van der Waals surface area (Å²) in [6, 6.07) is 8.98. The van der Waals surface area contributed by atoms with Gasteiger partial charge in [-0.2, -0.15) is 0 Å². The van der Waals surface area contributed by atoms with Crippen molar-refractivity contribution in [3.63, 3.8) is 0 Å². The number of rotatable bonds is 3. The highest BCUT2D eigenvalue weighted by molar-refractivity contribution is 5.84. The van der Waals surface area contributed by atoms with E-state index in [1.165, 1.54) is 68.9 Å². The van der Waals surface area contributed by atoms with E-state index in [0.29, 0.717) is 34.5 Å². The van der Waals surface area contributed by atoms with Crippen LogP contribution < -0.4 is 5.32 Å². The van der Waals surface area contributed by atoms with Gasteiger partial charge in [-0.1, -0.05) is 58.4 Å². The van der Waals surface area contributed by atoms with Crippen LogP contribution in [0.3, 0.4) is 0 Å². The molecule has 1 aromatic carbocycles. The molecule has 0 heterocycles. The molecule has 1 N–H and O–H groups in total. The molecular weight excluding hydrogens is 518 g/mol. The molecule has 10 atom stereocenters. The highest BCUT2D eigenvalue weighted by Gasteiger charge is 2.67. The van der Waals surface area contributed by atoms with Crippen LogP contribution in [0, 0.1) is 51.2 Å². The van der Waals surface area contributed by atoms with Crippen LogP contribution in [0.5, 0.6) is 0 Å². The van der Waals surface area contributed by atoms with Gasteiger partial charge in [-0.15, -0.1) is 0 Å². The summed E-state index contributed by atoms with van der Waals surface area (Å²) in [5.41, 5.74) is 3.31. The third-order valence-corrected chi connectivity index (χ3v) is 14.9. The maximum Gasteiger partial charge on any atom is 0.302 e. The number of ether oxygens (including phenoxy) is 1. The van der Waals surface area contributed by atoms with Crippen LogP contribution in [0.1, 0.15) is 135 Å². The predicted octanol–water partition coefficient (Wildman–Crippen LogP) is 8.58. The summed E-state index contributed by atoms with van der Waals surface area (Å²) in [6.45, 7) is 11.6. The first-order valence-corrected chi connectivity index (χ1v) is 17.6. The van der Waals surface area contributed by atoms with Crippen molar-refractivity contribution in [1.29, 1.82) is 0 Å². The number of amides is 1. The molecule has 42 heavy (non-hydrogen) atoms. The molecule has 230 valence electrons. The van der Waals surface area contributed by atoms with Crippen molar-refractivity contribution >= 4 is 11.9 Å². The Morgan fingerprint density at radius 2 is 1.57 bits per heavy atom. The van der Waals surface area contributed by atoms with Gasteiger partial charge in [0.1, 0.15) is 6.10 Å². The Bertz CT molecular complexity index is 1240. The fourth-order valence-corrected chi connectivity index (χ4v) is 13.2. The second-order valence-corrected chi connectivity index (χ2v) is 16.8. The molecular formula is C38H55NO3. The lowest BCUT2D eigenvalue weighted by atomic mass is 9.36. The summed E-state index contributed by atoms with van der Waals surface area (Å²) in [7, 11) is 0. The molecule has 4 heteroatoms. The molecule has 0 aliphatic heterocycles. The minimum Gasteiger partial charge on any atom is -0.462 e. The number of aryl methyl sites for hydroxylation is 1. The molecule has 0 spiro atoms. The van der Waals surface area contributed by atoms with Crippen LogP contribution >= 0.6 is 0 Å². The zero-order chi connectivity index (χ0) is 29.5. The number of benzene rings is 1. The molecule has 0 saturated heterocycles. The monoisotopic (exact) mass is 573 g/mol. The van der Waals surface area contributed by atoms with Crippen molar-refractivity contribution in [2.45, 2.75) is 137 Å². The largest absolute Gasteiger partial charge is 0.462 e. The molecule has 1 aromatic rings. The third-order valence-electron chi connectivity index (χ3n) is 14.9. The van der Waals surface area contributed by atoms with Crippen molar-refractivity contribution in [3.8, 4) is 0 Å². The van der Waals surface area contributed by atoms with Crippen LogP contribution in [-0.2, 0) is 20.7 Å². The Morgan fingerprint density at radius 1 is 0.786 bits per heavy atom. The van der Waals surface area contributed by atoms with Crippen LogP contribution in [0.2, 0.25) is 0 Å². The Morgan fingerprint density at radius 3 is 2.38 bits per heavy atom. The van der Waals surface area contributed by atoms with Crippen molar-refractivity contribution in [2.24, 2.45) is 51.2 Å². The van der Waals surface area contributed by atoms with Gasteiger partial charge in [-0.25, -0.2) is 0 Å². The van der Waals surface area contributed by atoms with Crippen molar-refractivity contribution in [3.05, 3.63) is 35.4 Å². The Labute approximate surface area is 254 Å². The van der Waals surface area contributed by atoms with Crippen molar-refractivity contribution in [2.75, 3.05) is 0 Å². The summed E-state index contributed by atoms with van der Waals surface area (Å²) >= 11 is 0. The first-order chi connectivity index (χ1) is 20.0. The maximum atomic E-state index is 14.4. The minimum absolute atomic E-state index is 0.0137. The van der Waals surface area contributed by atoms with Gasteiger partial charge in [0.05, 0.1) is 11.5 Å². The Balaban J connectivity index is 1.12. The predicted molar refractivity (Wildman–Crippen MR) is 166 cm³/mol. The van der Waals surface area contributed by atoms with Crippen LogP contribution in [-0.4, -0.2) is 18.0 Å². The van der Waals surface area contributed by atoms with Crippen LogP contribution in [0.25, 0.3) is 0 Å². The standard InChI is InChI=1S/C38H55NO3/c1-24(40)42-33-19-22-37(5)31(35(33,2)3)18-21-36(4)28-17-23-38(20-9-13-29(38)27(28)15-16-32(36)37)34(41)39-30-14-8-11-25-10-6-7-12-26(25)30/h6-7,10,12,27-33H,8-9,11,13-23H2,1-5H3,(H,39,41). The van der Waals surface area contributed by atoms with Gasteiger partial charge in [-0.3, -0.25) is 9.59 Å². The van der Waals surface area contributed by atoms with E-state index >= 15 is 0 Å². The fraction of sp³-hybridized carbons (Fsp3) is 0.789. The second-order valence-electron chi connectivity index (χ2n) is 16.8. The van der Waals surface area contributed by atoms with E-state index in [0.717, 1.165) is 43.9 Å². The summed E-state index contributed by atoms with van der Waals surface area (Å²) in [5, 5.41) is 3.66. The topological polar surface area (TPSA) is 55.4 Å². The maximum absolute atomic E-state index is 14.4. The summed E-state index contributed by atoms with van der Waals surface area (Å²) in [6.07, 6.45) is 16.6. The molecule has 4 nitrogen and oxygen atoms in total. The molecule has 6 aliphatic rings. The highest BCUT2D eigenvalue weighted by atomic mass is 16.5. The normalized spacial score (nSPS) is 45.3. The van der Waals surface area contributed by atoms with E-state index in [1.807, 2.05) is 0 Å². The number of fused-ring (bicyclic) bond motifs is 8. The molecule has 5 saturated carbocycles. The quantitative estimate of drug-likeness (QED) is 0.369. The lowest BCUT2D eigenvalue weighted by molar-refractivity contribution is -0.220. The van der Waals surface area contributed by atoms with Gasteiger partial charge in [0.25, 0.3) is 0 Å². The smallest absolute Gasteiger partial charge is 0.302 e. The molecule has 10 unspecified atom stereocenters. The van der Waals surface area contributed by atoms with Crippen molar-refractivity contribution < 1.29 is 14.3 Å². The SMILES string of the molecule is CC(=O)OC1CCC2(C)C(CCC3(C)C4CCC5(C(=O)NC6CCCc7ccccc76)CCCC5C4CCC32)C1(C)C. The number of carbonyl (C=O) groups is 2. The minimum atomic E-state index is -0.151. The van der Waals surface area contributed by atoms with Crippen LogP contribution in [0.4, 0.5) is 0 Å². The van der Waals surface area contributed by atoms with Crippen molar-refractivity contribution in [1.82, 2.24) is 5.32 Å². The molecule has 6 aliphatic carbocycles. The van der Waals surface area contributed by atoms with Gasteiger partial charge in [0.15, 0.2) is 0 Å². The molecule has 0 radical (unpaired) electrons. The van der Waals surface area contributed by atoms with Crippen LogP contribution in [0.15, 0.2) is 24.3 Å². The van der Waals surface area contributed by atoms with E-state index in [1.54, 1.807) is 6.92 Å². The van der Waals surface area contributed by atoms with Gasteiger partial charge in [-0.05, 0) is 135 Å². The molecule has 1 amide bonds. The molecule has 0 bridgehead atoms. The zero-order valence-corrected chi connectivity index (χ0v) is 27.0. The van der Waals surface area contributed by atoms with Gasteiger partial charge >= 0.3 is 5.97 Å². The first kappa shape index (κ1) is 28.9. The molecule has 7 rings (SSSR count).